The van der Waals surface area contributed by atoms with E-state index in [1.165, 1.54) is 22.8 Å². The number of benzene rings is 2. The number of rotatable bonds is 10. The summed E-state index contributed by atoms with van der Waals surface area (Å²) < 4.78 is 33.6. The van der Waals surface area contributed by atoms with Gasteiger partial charge in [0.25, 0.3) is 0 Å². The second-order valence-electron chi connectivity index (χ2n) is 7.72. The molecule has 0 bridgehead atoms. The van der Waals surface area contributed by atoms with Crippen molar-refractivity contribution in [1.29, 1.82) is 0 Å². The van der Waals surface area contributed by atoms with Crippen molar-refractivity contribution in [3.63, 3.8) is 0 Å². The summed E-state index contributed by atoms with van der Waals surface area (Å²) in [5.74, 6) is -0.739. The van der Waals surface area contributed by atoms with Crippen LogP contribution in [0.1, 0.15) is 11.1 Å². The fourth-order valence-corrected chi connectivity index (χ4v) is 4.89. The summed E-state index contributed by atoms with van der Waals surface area (Å²) in [5, 5.41) is 8.86. The molecule has 4 rings (SSSR count). The van der Waals surface area contributed by atoms with Gasteiger partial charge < -0.3 is 9.84 Å². The molecule has 0 saturated carbocycles. The van der Waals surface area contributed by atoms with Crippen LogP contribution in [0.15, 0.2) is 102 Å². The Morgan fingerprint density at radius 3 is 2.23 bits per heavy atom. The Morgan fingerprint density at radius 2 is 1.54 bits per heavy atom. The van der Waals surface area contributed by atoms with E-state index in [1.54, 1.807) is 42.7 Å². The number of carbonyl (C=O) groups is 1. The van der Waals surface area contributed by atoms with Crippen LogP contribution in [0.4, 0.5) is 0 Å². The van der Waals surface area contributed by atoms with Crippen LogP contribution in [0.2, 0.25) is 0 Å². The molecule has 0 aliphatic carbocycles. The average molecular weight is 490 g/mol. The van der Waals surface area contributed by atoms with E-state index in [4.69, 9.17) is 9.84 Å². The number of sulfonamides is 1. The van der Waals surface area contributed by atoms with Crippen LogP contribution in [0, 0.1) is 0 Å². The molecule has 178 valence electrons. The minimum Gasteiger partial charge on any atom is -0.482 e. The summed E-state index contributed by atoms with van der Waals surface area (Å²) in [4.78, 5) is 18.9. The lowest BCUT2D eigenvalue weighted by Gasteiger charge is -2.23. The van der Waals surface area contributed by atoms with Gasteiger partial charge in [0.2, 0.25) is 10.0 Å². The lowest BCUT2D eigenvalue weighted by Crippen LogP contribution is -2.30. The van der Waals surface area contributed by atoms with E-state index in [-0.39, 0.29) is 18.0 Å². The fraction of sp³-hybridized carbons (Fsp3) is 0.115. The van der Waals surface area contributed by atoms with E-state index < -0.39 is 22.6 Å². The molecular weight excluding hydrogens is 466 g/mol. The SMILES string of the molecule is O=C(O)COc1cccc(CN(Cc2ccc(-c3ccncc3)cc2)S(=O)(=O)c2cccnc2)c1. The summed E-state index contributed by atoms with van der Waals surface area (Å²) >= 11 is 0. The number of hydrogen-bond acceptors (Lipinski definition) is 6. The third-order valence-corrected chi connectivity index (χ3v) is 6.99. The maximum Gasteiger partial charge on any atom is 0.341 e. The molecular formula is C26H23N3O5S. The zero-order valence-electron chi connectivity index (χ0n) is 18.7. The van der Waals surface area contributed by atoms with Gasteiger partial charge in [-0.1, -0.05) is 36.4 Å². The Kier molecular flexibility index (Phi) is 7.49. The van der Waals surface area contributed by atoms with Crippen LogP contribution in [0.25, 0.3) is 11.1 Å². The van der Waals surface area contributed by atoms with Crippen LogP contribution >= 0.6 is 0 Å². The second-order valence-corrected chi connectivity index (χ2v) is 9.66. The molecule has 0 atom stereocenters. The second kappa shape index (κ2) is 10.9. The maximum atomic E-state index is 13.5. The Bertz CT molecular complexity index is 1380. The van der Waals surface area contributed by atoms with Gasteiger partial charge in [-0.15, -0.1) is 0 Å². The van der Waals surface area contributed by atoms with Crippen molar-refractivity contribution < 1.29 is 23.1 Å². The van der Waals surface area contributed by atoms with Crippen molar-refractivity contribution >= 4 is 16.0 Å². The number of ether oxygens (including phenoxy) is 1. The van der Waals surface area contributed by atoms with Gasteiger partial charge in [-0.2, -0.15) is 4.31 Å². The standard InChI is InChI=1S/C26H23N3O5S/c30-26(31)19-34-24-4-1-3-21(15-24)18-29(35(32,33)25-5-2-12-28-16-25)17-20-6-8-22(9-7-20)23-10-13-27-14-11-23/h1-16H,17-19H2,(H,30,31). The number of pyridine rings is 2. The highest BCUT2D eigenvalue weighted by atomic mass is 32.2. The van der Waals surface area contributed by atoms with Crippen LogP contribution in [0.5, 0.6) is 5.75 Å². The summed E-state index contributed by atoms with van der Waals surface area (Å²) in [6.07, 6.45) is 6.28. The topological polar surface area (TPSA) is 110 Å². The molecule has 0 radical (unpaired) electrons. The van der Waals surface area contributed by atoms with Gasteiger partial charge in [0.1, 0.15) is 10.6 Å². The minimum atomic E-state index is -3.87. The number of carboxylic acids is 1. The summed E-state index contributed by atoms with van der Waals surface area (Å²) in [7, 11) is -3.87. The Balaban J connectivity index is 1.61. The number of aliphatic carboxylic acids is 1. The van der Waals surface area contributed by atoms with Gasteiger partial charge in [-0.25, -0.2) is 13.2 Å². The molecule has 1 N–H and O–H groups in total. The van der Waals surface area contributed by atoms with E-state index in [2.05, 4.69) is 9.97 Å². The third-order valence-electron chi connectivity index (χ3n) is 5.22. The molecule has 0 amide bonds. The Labute approximate surface area is 203 Å². The molecule has 4 aromatic rings. The fourth-order valence-electron chi connectivity index (χ4n) is 3.51. The van der Waals surface area contributed by atoms with Gasteiger partial charge in [-0.3, -0.25) is 9.97 Å². The van der Waals surface area contributed by atoms with Crippen molar-refractivity contribution in [2.75, 3.05) is 6.61 Å². The van der Waals surface area contributed by atoms with Crippen LogP contribution < -0.4 is 4.74 Å². The van der Waals surface area contributed by atoms with Crippen molar-refractivity contribution in [2.45, 2.75) is 18.0 Å². The number of hydrogen-bond donors (Lipinski definition) is 1. The monoisotopic (exact) mass is 489 g/mol. The number of aromatic nitrogens is 2. The molecule has 2 aromatic heterocycles. The quantitative estimate of drug-likeness (QED) is 0.359. The molecule has 0 aliphatic rings. The summed E-state index contributed by atoms with van der Waals surface area (Å²) in [6, 6.07) is 21.3. The van der Waals surface area contributed by atoms with Crippen molar-refractivity contribution in [3.05, 3.63) is 109 Å². The van der Waals surface area contributed by atoms with Gasteiger partial charge in [0, 0.05) is 37.9 Å². The predicted molar refractivity (Wildman–Crippen MR) is 130 cm³/mol. The summed E-state index contributed by atoms with van der Waals surface area (Å²) in [5.41, 5.74) is 3.49. The van der Waals surface area contributed by atoms with Gasteiger partial charge in [0.05, 0.1) is 0 Å². The normalized spacial score (nSPS) is 11.3. The van der Waals surface area contributed by atoms with Gasteiger partial charge in [0.15, 0.2) is 6.61 Å². The number of carboxylic acid groups (broad SMARTS) is 1. The molecule has 0 aliphatic heterocycles. The van der Waals surface area contributed by atoms with Crippen LogP contribution in [-0.4, -0.2) is 40.4 Å². The molecule has 9 heteroatoms. The largest absolute Gasteiger partial charge is 0.482 e. The lowest BCUT2D eigenvalue weighted by atomic mass is 10.1. The molecule has 0 saturated heterocycles. The average Bonchev–Trinajstić information content (AvgIpc) is 2.89. The zero-order valence-corrected chi connectivity index (χ0v) is 19.5. The lowest BCUT2D eigenvalue weighted by molar-refractivity contribution is -0.139. The molecule has 35 heavy (non-hydrogen) atoms. The van der Waals surface area contributed by atoms with E-state index in [1.807, 2.05) is 36.4 Å². The predicted octanol–water partition coefficient (Wildman–Crippen LogP) is 4.00. The first-order valence-electron chi connectivity index (χ1n) is 10.7. The van der Waals surface area contributed by atoms with Crippen LogP contribution in [0.3, 0.4) is 0 Å². The highest BCUT2D eigenvalue weighted by Crippen LogP contribution is 2.24. The van der Waals surface area contributed by atoms with E-state index in [0.29, 0.717) is 11.3 Å². The zero-order chi connectivity index (χ0) is 24.7. The van der Waals surface area contributed by atoms with E-state index in [9.17, 15) is 13.2 Å². The first-order chi connectivity index (χ1) is 16.9. The molecule has 0 unspecified atom stereocenters. The van der Waals surface area contributed by atoms with Crippen molar-refractivity contribution in [1.82, 2.24) is 14.3 Å². The summed E-state index contributed by atoms with van der Waals surface area (Å²) in [6.45, 7) is -0.285. The maximum absolute atomic E-state index is 13.5. The smallest absolute Gasteiger partial charge is 0.341 e. The van der Waals surface area contributed by atoms with Gasteiger partial charge >= 0.3 is 5.97 Å². The molecule has 0 spiro atoms. The van der Waals surface area contributed by atoms with E-state index in [0.717, 1.165) is 16.7 Å². The van der Waals surface area contributed by atoms with Gasteiger partial charge in [-0.05, 0) is 58.7 Å². The highest BCUT2D eigenvalue weighted by Gasteiger charge is 2.25. The molecule has 0 fully saturated rings. The molecule has 2 heterocycles. The number of nitrogens with zero attached hydrogens (tertiary/aromatic N) is 3. The van der Waals surface area contributed by atoms with E-state index >= 15 is 0 Å². The highest BCUT2D eigenvalue weighted by molar-refractivity contribution is 7.89. The Morgan fingerprint density at radius 1 is 0.829 bits per heavy atom. The third kappa shape index (κ3) is 6.28. The molecule has 8 nitrogen and oxygen atoms in total. The van der Waals surface area contributed by atoms with Crippen molar-refractivity contribution in [3.8, 4) is 16.9 Å². The minimum absolute atomic E-state index is 0.0631. The van der Waals surface area contributed by atoms with Crippen LogP contribution in [-0.2, 0) is 27.9 Å². The first kappa shape index (κ1) is 24.1. The Hall–Kier alpha value is -4.08. The molecule has 2 aromatic carbocycles. The first-order valence-corrected chi connectivity index (χ1v) is 12.2. The van der Waals surface area contributed by atoms with Crippen molar-refractivity contribution in [2.24, 2.45) is 0 Å².